The molecule has 1 amide bonds. The van der Waals surface area contributed by atoms with Gasteiger partial charge in [0, 0.05) is 23.8 Å². The highest BCUT2D eigenvalue weighted by Gasteiger charge is 2.31. The molecular weight excluding hydrogens is 352 g/mol. The minimum atomic E-state index is -3.60. The highest BCUT2D eigenvalue weighted by atomic mass is 32.2. The number of anilines is 1. The first-order valence-electron chi connectivity index (χ1n) is 8.45. The van der Waals surface area contributed by atoms with E-state index in [9.17, 15) is 13.2 Å². The van der Waals surface area contributed by atoms with E-state index in [0.717, 1.165) is 5.56 Å². The molecule has 0 aromatic heterocycles. The van der Waals surface area contributed by atoms with Gasteiger partial charge in [-0.3, -0.25) is 4.79 Å². The highest BCUT2D eigenvalue weighted by Crippen LogP contribution is 2.21. The van der Waals surface area contributed by atoms with Gasteiger partial charge in [-0.2, -0.15) is 4.31 Å². The van der Waals surface area contributed by atoms with Gasteiger partial charge in [0.05, 0.1) is 18.1 Å². The van der Waals surface area contributed by atoms with Gasteiger partial charge in [-0.1, -0.05) is 17.7 Å². The number of morpholine rings is 1. The lowest BCUT2D eigenvalue weighted by atomic mass is 10.2. The molecule has 1 heterocycles. The number of sulfonamides is 1. The van der Waals surface area contributed by atoms with Crippen molar-refractivity contribution in [3.05, 3.63) is 59.7 Å². The van der Waals surface area contributed by atoms with Gasteiger partial charge in [-0.25, -0.2) is 8.42 Å². The number of aryl methyl sites for hydroxylation is 1. The second kappa shape index (κ2) is 7.57. The van der Waals surface area contributed by atoms with Gasteiger partial charge in [0.1, 0.15) is 0 Å². The van der Waals surface area contributed by atoms with Crippen molar-refractivity contribution >= 4 is 21.6 Å². The van der Waals surface area contributed by atoms with E-state index in [1.54, 1.807) is 0 Å². The van der Waals surface area contributed by atoms with E-state index in [2.05, 4.69) is 5.32 Å². The van der Waals surface area contributed by atoms with Crippen molar-refractivity contribution in [2.24, 2.45) is 0 Å². The highest BCUT2D eigenvalue weighted by molar-refractivity contribution is 7.89. The molecule has 6 nitrogen and oxygen atoms in total. The molecule has 1 unspecified atom stereocenters. The molecule has 26 heavy (non-hydrogen) atoms. The van der Waals surface area contributed by atoms with Crippen LogP contribution in [0.3, 0.4) is 0 Å². The van der Waals surface area contributed by atoms with Gasteiger partial charge in [0.15, 0.2) is 0 Å². The molecular formula is C19H22N2O4S. The predicted octanol–water partition coefficient (Wildman–Crippen LogP) is 2.66. The zero-order chi connectivity index (χ0) is 18.7. The first kappa shape index (κ1) is 18.6. The van der Waals surface area contributed by atoms with E-state index in [-0.39, 0.29) is 16.8 Å². The maximum absolute atomic E-state index is 12.8. The van der Waals surface area contributed by atoms with Gasteiger partial charge >= 0.3 is 0 Å². The quantitative estimate of drug-likeness (QED) is 0.893. The van der Waals surface area contributed by atoms with Crippen LogP contribution in [-0.2, 0) is 14.8 Å². The number of carbonyl (C=O) groups is 1. The van der Waals surface area contributed by atoms with E-state index in [0.29, 0.717) is 31.0 Å². The molecule has 7 heteroatoms. The number of nitrogens with one attached hydrogen (secondary N) is 1. The Kier molecular flexibility index (Phi) is 5.41. The molecule has 1 aliphatic rings. The van der Waals surface area contributed by atoms with E-state index < -0.39 is 10.0 Å². The van der Waals surface area contributed by atoms with E-state index in [4.69, 9.17) is 4.74 Å². The molecule has 1 aliphatic heterocycles. The van der Waals surface area contributed by atoms with Crippen LogP contribution in [0.5, 0.6) is 0 Å². The molecule has 0 bridgehead atoms. The van der Waals surface area contributed by atoms with Crippen molar-refractivity contribution in [1.82, 2.24) is 4.31 Å². The third-order valence-electron chi connectivity index (χ3n) is 4.34. The van der Waals surface area contributed by atoms with Crippen molar-refractivity contribution in [2.45, 2.75) is 24.8 Å². The Labute approximate surface area is 153 Å². The summed E-state index contributed by atoms with van der Waals surface area (Å²) >= 11 is 0. The lowest BCUT2D eigenvalue weighted by Crippen LogP contribution is -2.46. The Morgan fingerprint density at radius 3 is 2.38 bits per heavy atom. The number of hydrogen-bond acceptors (Lipinski definition) is 4. The summed E-state index contributed by atoms with van der Waals surface area (Å²) < 4.78 is 32.3. The van der Waals surface area contributed by atoms with Gasteiger partial charge < -0.3 is 10.1 Å². The third-order valence-corrected chi connectivity index (χ3v) is 6.37. The maximum atomic E-state index is 12.8. The number of hydrogen-bond donors (Lipinski definition) is 1. The fourth-order valence-electron chi connectivity index (χ4n) is 2.82. The van der Waals surface area contributed by atoms with Crippen LogP contribution in [0.25, 0.3) is 0 Å². The van der Waals surface area contributed by atoms with E-state index in [1.165, 1.54) is 28.6 Å². The largest absolute Gasteiger partial charge is 0.378 e. The lowest BCUT2D eigenvalue weighted by molar-refractivity contribution is 0.0393. The average Bonchev–Trinajstić information content (AvgIpc) is 2.64. The Bertz CT molecular complexity index is 877. The number of rotatable bonds is 4. The summed E-state index contributed by atoms with van der Waals surface area (Å²) in [6.45, 7) is 4.90. The summed E-state index contributed by atoms with van der Waals surface area (Å²) in [6, 6.07) is 13.3. The zero-order valence-electron chi connectivity index (χ0n) is 14.8. The third kappa shape index (κ3) is 3.95. The Morgan fingerprint density at radius 1 is 1.12 bits per heavy atom. The molecule has 0 radical (unpaired) electrons. The molecule has 0 aliphatic carbocycles. The van der Waals surface area contributed by atoms with Crippen LogP contribution in [0.1, 0.15) is 22.8 Å². The van der Waals surface area contributed by atoms with Crippen LogP contribution >= 0.6 is 0 Å². The van der Waals surface area contributed by atoms with Gasteiger partial charge in [-0.05, 0) is 50.2 Å². The van der Waals surface area contributed by atoms with Gasteiger partial charge in [-0.15, -0.1) is 0 Å². The topological polar surface area (TPSA) is 75.7 Å². The van der Waals surface area contributed by atoms with Crippen molar-refractivity contribution in [2.75, 3.05) is 25.1 Å². The molecule has 1 atom stereocenters. The van der Waals surface area contributed by atoms with Crippen molar-refractivity contribution < 1.29 is 17.9 Å². The first-order chi connectivity index (χ1) is 12.4. The molecule has 1 saturated heterocycles. The molecule has 138 valence electrons. The molecule has 3 rings (SSSR count). The molecule has 2 aromatic carbocycles. The maximum Gasteiger partial charge on any atom is 0.255 e. The van der Waals surface area contributed by atoms with Crippen molar-refractivity contribution in [3.63, 3.8) is 0 Å². The summed E-state index contributed by atoms with van der Waals surface area (Å²) in [4.78, 5) is 12.5. The number of ether oxygens (including phenoxy) is 1. The Hall–Kier alpha value is -2.22. The number of carbonyl (C=O) groups excluding carboxylic acids is 1. The summed E-state index contributed by atoms with van der Waals surface area (Å²) in [7, 11) is -3.60. The molecule has 1 N–H and O–H groups in total. The fourth-order valence-corrected chi connectivity index (χ4v) is 4.42. The van der Waals surface area contributed by atoms with Crippen molar-refractivity contribution in [3.8, 4) is 0 Å². The van der Waals surface area contributed by atoms with Gasteiger partial charge in [0.25, 0.3) is 5.91 Å². The van der Waals surface area contributed by atoms with E-state index >= 15 is 0 Å². The van der Waals surface area contributed by atoms with Crippen LogP contribution < -0.4 is 5.32 Å². The van der Waals surface area contributed by atoms with Gasteiger partial charge in [0.2, 0.25) is 10.0 Å². The summed E-state index contributed by atoms with van der Waals surface area (Å²) in [6.07, 6.45) is 0. The Balaban J connectivity index is 1.75. The minimum Gasteiger partial charge on any atom is -0.378 e. The van der Waals surface area contributed by atoms with Crippen LogP contribution in [0.2, 0.25) is 0 Å². The number of benzene rings is 2. The summed E-state index contributed by atoms with van der Waals surface area (Å²) in [5.41, 5.74) is 2.20. The standard InChI is InChI=1S/C19H22N2O4S/c1-14-3-7-17(8-4-14)20-19(22)16-5-9-18(10-6-16)26(23,24)21-11-12-25-13-15(21)2/h3-10,15H,11-13H2,1-2H3,(H,20,22). The van der Waals surface area contributed by atoms with Crippen LogP contribution in [-0.4, -0.2) is 44.4 Å². The molecule has 1 fully saturated rings. The molecule has 2 aromatic rings. The zero-order valence-corrected chi connectivity index (χ0v) is 15.6. The predicted molar refractivity (Wildman–Crippen MR) is 99.7 cm³/mol. The second-order valence-corrected chi connectivity index (χ2v) is 8.27. The number of amides is 1. The summed E-state index contributed by atoms with van der Waals surface area (Å²) in [5.74, 6) is -0.280. The lowest BCUT2D eigenvalue weighted by Gasteiger charge is -2.32. The van der Waals surface area contributed by atoms with E-state index in [1.807, 2.05) is 38.1 Å². The van der Waals surface area contributed by atoms with Crippen molar-refractivity contribution in [1.29, 1.82) is 0 Å². The average molecular weight is 374 g/mol. The Morgan fingerprint density at radius 2 is 1.77 bits per heavy atom. The second-order valence-electron chi connectivity index (χ2n) is 6.38. The molecule has 0 saturated carbocycles. The normalized spacial score (nSPS) is 18.5. The first-order valence-corrected chi connectivity index (χ1v) is 9.89. The minimum absolute atomic E-state index is 0.179. The smallest absolute Gasteiger partial charge is 0.255 e. The number of nitrogens with zero attached hydrogens (tertiary/aromatic N) is 1. The fraction of sp³-hybridized carbons (Fsp3) is 0.316. The summed E-state index contributed by atoms with van der Waals surface area (Å²) in [5, 5.41) is 2.80. The monoisotopic (exact) mass is 374 g/mol. The van der Waals surface area contributed by atoms with Crippen LogP contribution in [0.15, 0.2) is 53.4 Å². The van der Waals surface area contributed by atoms with Crippen LogP contribution in [0, 0.1) is 6.92 Å². The molecule has 0 spiro atoms. The SMILES string of the molecule is Cc1ccc(NC(=O)c2ccc(S(=O)(=O)N3CCOCC3C)cc2)cc1. The van der Waals surface area contributed by atoms with Crippen LogP contribution in [0.4, 0.5) is 5.69 Å².